The van der Waals surface area contributed by atoms with Crippen LogP contribution in [0.25, 0.3) is 0 Å². The van der Waals surface area contributed by atoms with Gasteiger partial charge in [0.2, 0.25) is 5.88 Å². The van der Waals surface area contributed by atoms with Crippen molar-refractivity contribution in [2.45, 2.75) is 38.3 Å². The number of allylic oxidation sites excluding steroid dienone is 4. The molecule has 0 spiro atoms. The van der Waals surface area contributed by atoms with E-state index in [1.54, 1.807) is 11.1 Å². The summed E-state index contributed by atoms with van der Waals surface area (Å²) in [6.45, 7) is 4.04. The minimum atomic E-state index is -4.41. The highest BCUT2D eigenvalue weighted by atomic mass is 19.3. The Bertz CT molecular complexity index is 780. The molecule has 0 bridgehead atoms. The second-order valence-electron chi connectivity index (χ2n) is 6.10. The fraction of sp³-hybridized carbons (Fsp3) is 0.353. The summed E-state index contributed by atoms with van der Waals surface area (Å²) < 4.78 is 66.0. The Morgan fingerprint density at radius 1 is 1.23 bits per heavy atom. The number of aromatic amines is 1. The number of nitrogens with zero attached hydrogens (tertiary/aromatic N) is 2. The first kappa shape index (κ1) is 18.1. The average Bonchev–Trinajstić information content (AvgIpc) is 3.08. The van der Waals surface area contributed by atoms with E-state index in [0.29, 0.717) is 12.2 Å². The Balaban J connectivity index is 1.82. The van der Waals surface area contributed by atoms with E-state index >= 15 is 0 Å². The molecule has 3 rings (SSSR count). The SMILES string of the molecule is CC(C)N(Cc1c[nH]cn1)C1=COC=C(C2=CC=CC(F)(F)C2(F)F)O1. The third-order valence-electron chi connectivity index (χ3n) is 3.94. The van der Waals surface area contributed by atoms with Gasteiger partial charge in [-0.3, -0.25) is 0 Å². The van der Waals surface area contributed by atoms with Crippen LogP contribution >= 0.6 is 0 Å². The van der Waals surface area contributed by atoms with Crippen LogP contribution in [0.2, 0.25) is 0 Å². The minimum absolute atomic E-state index is 0.0944. The molecule has 0 saturated heterocycles. The molecule has 0 aromatic carbocycles. The van der Waals surface area contributed by atoms with Crippen molar-refractivity contribution < 1.29 is 27.0 Å². The number of nitrogens with one attached hydrogen (secondary N) is 1. The summed E-state index contributed by atoms with van der Waals surface area (Å²) in [5.74, 6) is -9.07. The Labute approximate surface area is 147 Å². The van der Waals surface area contributed by atoms with Gasteiger partial charge in [-0.15, -0.1) is 0 Å². The number of halogens is 4. The lowest BCUT2D eigenvalue weighted by molar-refractivity contribution is -0.156. The Kier molecular flexibility index (Phi) is 4.55. The van der Waals surface area contributed by atoms with Crippen LogP contribution in [-0.4, -0.2) is 32.8 Å². The molecule has 0 saturated carbocycles. The van der Waals surface area contributed by atoms with Gasteiger partial charge in [0.15, 0.2) is 12.0 Å². The first-order chi connectivity index (χ1) is 12.2. The molecule has 1 aliphatic heterocycles. The van der Waals surface area contributed by atoms with Crippen molar-refractivity contribution in [1.82, 2.24) is 14.9 Å². The average molecular weight is 371 g/mol. The smallest absolute Gasteiger partial charge is 0.342 e. The van der Waals surface area contributed by atoms with Crippen molar-refractivity contribution in [2.75, 3.05) is 0 Å². The topological polar surface area (TPSA) is 50.4 Å². The number of rotatable bonds is 5. The molecule has 26 heavy (non-hydrogen) atoms. The maximum Gasteiger partial charge on any atom is 0.342 e. The summed E-state index contributed by atoms with van der Waals surface area (Å²) in [7, 11) is 0. The van der Waals surface area contributed by atoms with Crippen LogP contribution in [0.3, 0.4) is 0 Å². The maximum atomic E-state index is 14.1. The van der Waals surface area contributed by atoms with Gasteiger partial charge < -0.3 is 19.4 Å². The van der Waals surface area contributed by atoms with E-state index in [9.17, 15) is 17.6 Å². The highest BCUT2D eigenvalue weighted by Crippen LogP contribution is 2.47. The number of alkyl halides is 4. The molecular formula is C17H17F4N3O2. The van der Waals surface area contributed by atoms with Crippen LogP contribution in [0, 0.1) is 0 Å². The summed E-state index contributed by atoms with van der Waals surface area (Å²) in [5.41, 5.74) is -0.255. The molecule has 140 valence electrons. The lowest BCUT2D eigenvalue weighted by atomic mass is 9.95. The molecule has 2 aliphatic rings. The molecule has 0 fully saturated rings. The van der Waals surface area contributed by atoms with E-state index < -0.39 is 23.2 Å². The first-order valence-electron chi connectivity index (χ1n) is 7.86. The number of aromatic nitrogens is 2. The van der Waals surface area contributed by atoms with Crippen LogP contribution in [-0.2, 0) is 16.0 Å². The van der Waals surface area contributed by atoms with E-state index in [2.05, 4.69) is 9.97 Å². The van der Waals surface area contributed by atoms with Crippen molar-refractivity contribution in [3.05, 3.63) is 66.2 Å². The molecule has 1 aliphatic carbocycles. The fourth-order valence-electron chi connectivity index (χ4n) is 2.52. The van der Waals surface area contributed by atoms with Gasteiger partial charge in [0.05, 0.1) is 24.1 Å². The largest absolute Gasteiger partial charge is 0.463 e. The molecule has 9 heteroatoms. The van der Waals surface area contributed by atoms with Crippen LogP contribution in [0.15, 0.2) is 60.5 Å². The van der Waals surface area contributed by atoms with Crippen molar-refractivity contribution >= 4 is 0 Å². The van der Waals surface area contributed by atoms with Crippen molar-refractivity contribution in [3.63, 3.8) is 0 Å². The molecule has 5 nitrogen and oxygen atoms in total. The molecule has 1 aromatic rings. The van der Waals surface area contributed by atoms with Crippen LogP contribution in [0.1, 0.15) is 19.5 Å². The molecule has 0 unspecified atom stereocenters. The summed E-state index contributed by atoms with van der Waals surface area (Å²) in [6, 6.07) is -0.0944. The standard InChI is InChI=1S/C17H17F4N3O2/c1-11(2)24(7-12-6-22-10-23-12)15-9-25-8-14(26-15)13-4-3-5-16(18,19)17(13,20)21/h3-6,8-11H,7H2,1-2H3,(H,22,23). The Morgan fingerprint density at radius 2 is 2.00 bits per heavy atom. The van der Waals surface area contributed by atoms with E-state index in [1.165, 1.54) is 12.6 Å². The quantitative estimate of drug-likeness (QED) is 0.793. The van der Waals surface area contributed by atoms with Crippen molar-refractivity contribution in [2.24, 2.45) is 0 Å². The second kappa shape index (κ2) is 6.54. The fourth-order valence-corrected chi connectivity index (χ4v) is 2.52. The number of hydrogen-bond donors (Lipinski definition) is 1. The van der Waals surface area contributed by atoms with Crippen LogP contribution in [0.4, 0.5) is 17.6 Å². The lowest BCUT2D eigenvalue weighted by Gasteiger charge is -2.34. The summed E-state index contributed by atoms with van der Waals surface area (Å²) in [4.78, 5) is 8.63. The van der Waals surface area contributed by atoms with Gasteiger partial charge in [-0.2, -0.15) is 17.6 Å². The number of ether oxygens (including phenoxy) is 2. The molecule has 0 amide bonds. The molecule has 1 N–H and O–H groups in total. The van der Waals surface area contributed by atoms with Gasteiger partial charge in [0.1, 0.15) is 6.26 Å². The minimum Gasteiger partial charge on any atom is -0.463 e. The highest BCUT2D eigenvalue weighted by Gasteiger charge is 2.59. The van der Waals surface area contributed by atoms with Crippen molar-refractivity contribution in [3.8, 4) is 0 Å². The maximum absolute atomic E-state index is 14.1. The van der Waals surface area contributed by atoms with E-state index in [0.717, 1.165) is 18.4 Å². The zero-order chi connectivity index (χ0) is 18.9. The van der Waals surface area contributed by atoms with Gasteiger partial charge in [0, 0.05) is 12.2 Å². The van der Waals surface area contributed by atoms with Gasteiger partial charge in [0.25, 0.3) is 0 Å². The Hall–Kier alpha value is -2.71. The Morgan fingerprint density at radius 3 is 2.65 bits per heavy atom. The second-order valence-corrected chi connectivity index (χ2v) is 6.10. The molecular weight excluding hydrogens is 354 g/mol. The predicted molar refractivity (Wildman–Crippen MR) is 84.7 cm³/mol. The lowest BCUT2D eigenvalue weighted by Crippen LogP contribution is -2.43. The van der Waals surface area contributed by atoms with Crippen LogP contribution in [0.5, 0.6) is 0 Å². The summed E-state index contributed by atoms with van der Waals surface area (Å²) in [5, 5.41) is 0. The zero-order valence-electron chi connectivity index (χ0n) is 14.0. The van der Waals surface area contributed by atoms with Gasteiger partial charge >= 0.3 is 11.8 Å². The number of H-pyrrole nitrogens is 1. The normalized spacial score (nSPS) is 20.7. The highest BCUT2D eigenvalue weighted by molar-refractivity contribution is 5.43. The van der Waals surface area contributed by atoms with Crippen molar-refractivity contribution in [1.29, 1.82) is 0 Å². The first-order valence-corrected chi connectivity index (χ1v) is 7.86. The third-order valence-corrected chi connectivity index (χ3v) is 3.94. The number of imidazole rings is 1. The monoisotopic (exact) mass is 371 g/mol. The molecule has 0 atom stereocenters. The predicted octanol–water partition coefficient (Wildman–Crippen LogP) is 4.07. The molecule has 1 aromatic heterocycles. The zero-order valence-corrected chi connectivity index (χ0v) is 14.0. The van der Waals surface area contributed by atoms with E-state index in [-0.39, 0.29) is 18.0 Å². The van der Waals surface area contributed by atoms with Gasteiger partial charge in [-0.1, -0.05) is 6.08 Å². The third kappa shape index (κ3) is 3.21. The van der Waals surface area contributed by atoms with Gasteiger partial charge in [-0.05, 0) is 26.0 Å². The number of hydrogen-bond acceptors (Lipinski definition) is 4. The summed E-state index contributed by atoms with van der Waals surface area (Å²) >= 11 is 0. The molecule has 2 heterocycles. The van der Waals surface area contributed by atoms with Gasteiger partial charge in [-0.25, -0.2) is 4.98 Å². The molecule has 0 radical (unpaired) electrons. The van der Waals surface area contributed by atoms with Crippen LogP contribution < -0.4 is 0 Å². The van der Waals surface area contributed by atoms with E-state index in [4.69, 9.17) is 9.47 Å². The van der Waals surface area contributed by atoms with E-state index in [1.807, 2.05) is 13.8 Å². The summed E-state index contributed by atoms with van der Waals surface area (Å²) in [6.07, 6.45) is 7.22.